The van der Waals surface area contributed by atoms with E-state index in [0.29, 0.717) is 33.5 Å². The summed E-state index contributed by atoms with van der Waals surface area (Å²) in [5.41, 5.74) is 8.56. The number of hydrogen-bond acceptors (Lipinski definition) is 6. The van der Waals surface area contributed by atoms with Gasteiger partial charge in [0.15, 0.2) is 5.65 Å². The third-order valence-electron chi connectivity index (χ3n) is 3.80. The Bertz CT molecular complexity index is 984. The van der Waals surface area contributed by atoms with E-state index in [4.69, 9.17) is 10.5 Å². The van der Waals surface area contributed by atoms with Crippen LogP contribution < -0.4 is 11.1 Å². The molecule has 0 spiro atoms. The summed E-state index contributed by atoms with van der Waals surface area (Å²) >= 11 is 0. The first-order valence-electron chi connectivity index (χ1n) is 8.10. The number of rotatable bonds is 5. The lowest BCUT2D eigenvalue weighted by atomic mass is 10.1. The molecule has 0 unspecified atom stereocenters. The highest BCUT2D eigenvalue weighted by molar-refractivity contribution is 6.05. The van der Waals surface area contributed by atoms with Gasteiger partial charge < -0.3 is 15.8 Å². The Hall–Kier alpha value is -3.48. The maximum atomic E-state index is 12.3. The van der Waals surface area contributed by atoms with Gasteiger partial charge in [0.1, 0.15) is 5.56 Å². The van der Waals surface area contributed by atoms with Gasteiger partial charge in [-0.05, 0) is 50.2 Å². The van der Waals surface area contributed by atoms with Crippen LogP contribution in [0.25, 0.3) is 11.0 Å². The molecule has 0 aliphatic heterocycles. The lowest BCUT2D eigenvalue weighted by molar-refractivity contribution is 0.0527. The molecule has 3 N–H and O–H groups in total. The first-order valence-corrected chi connectivity index (χ1v) is 8.10. The van der Waals surface area contributed by atoms with Gasteiger partial charge in [0.05, 0.1) is 12.3 Å². The lowest BCUT2D eigenvalue weighted by Crippen LogP contribution is -2.11. The van der Waals surface area contributed by atoms with E-state index in [0.717, 1.165) is 5.69 Å². The van der Waals surface area contributed by atoms with Crippen LogP contribution in [-0.4, -0.2) is 28.5 Å². The molecule has 0 fully saturated rings. The zero-order chi connectivity index (χ0) is 18.7. The highest BCUT2D eigenvalue weighted by Gasteiger charge is 2.17. The van der Waals surface area contributed by atoms with E-state index >= 15 is 0 Å². The number of pyridine rings is 2. The first-order chi connectivity index (χ1) is 12.5. The van der Waals surface area contributed by atoms with Gasteiger partial charge in [-0.2, -0.15) is 0 Å². The normalized spacial score (nSPS) is 10.5. The number of esters is 1. The number of hydrogen-bond donors (Lipinski definition) is 2. The third-order valence-corrected chi connectivity index (χ3v) is 3.80. The molecule has 0 aliphatic carbocycles. The number of carbonyl (C=O) groups is 2. The molecule has 0 atom stereocenters. The zero-order valence-corrected chi connectivity index (χ0v) is 14.4. The van der Waals surface area contributed by atoms with Crippen LogP contribution in [0.4, 0.5) is 11.4 Å². The van der Waals surface area contributed by atoms with Crippen molar-refractivity contribution in [2.24, 2.45) is 5.73 Å². The van der Waals surface area contributed by atoms with Crippen LogP contribution in [0.5, 0.6) is 0 Å². The SMILES string of the molecule is CCOC(=O)c1cnc2nc(C)ccc2c1Nc1ccc(C(N)=O)cc1. The van der Waals surface area contributed by atoms with Gasteiger partial charge in [-0.3, -0.25) is 4.79 Å². The highest BCUT2D eigenvalue weighted by Crippen LogP contribution is 2.29. The summed E-state index contributed by atoms with van der Waals surface area (Å²) in [5.74, 6) is -0.975. The number of fused-ring (bicyclic) bond motifs is 1. The summed E-state index contributed by atoms with van der Waals surface area (Å²) in [4.78, 5) is 32.2. The molecule has 0 saturated heterocycles. The fraction of sp³-hybridized carbons (Fsp3) is 0.158. The van der Waals surface area contributed by atoms with Crippen LogP contribution in [0.3, 0.4) is 0 Å². The van der Waals surface area contributed by atoms with Gasteiger partial charge in [0.25, 0.3) is 0 Å². The number of anilines is 2. The maximum absolute atomic E-state index is 12.3. The number of nitrogens with zero attached hydrogens (tertiary/aromatic N) is 2. The van der Waals surface area contributed by atoms with Gasteiger partial charge in [-0.15, -0.1) is 0 Å². The Balaban J connectivity index is 2.09. The van der Waals surface area contributed by atoms with E-state index in [1.807, 2.05) is 19.1 Å². The molecule has 3 rings (SSSR count). The average Bonchev–Trinajstić information content (AvgIpc) is 2.62. The number of nitrogens with one attached hydrogen (secondary N) is 1. The fourth-order valence-corrected chi connectivity index (χ4v) is 2.53. The molecule has 0 aliphatic rings. The quantitative estimate of drug-likeness (QED) is 0.685. The molecular formula is C19H18N4O3. The Morgan fingerprint density at radius 2 is 1.88 bits per heavy atom. The van der Waals surface area contributed by atoms with Crippen LogP contribution in [-0.2, 0) is 4.74 Å². The van der Waals surface area contributed by atoms with Crippen LogP contribution >= 0.6 is 0 Å². The van der Waals surface area contributed by atoms with Crippen molar-refractivity contribution in [3.05, 3.63) is 59.4 Å². The Kier molecular flexibility index (Phi) is 4.79. The second-order valence-electron chi connectivity index (χ2n) is 5.66. The number of carbonyl (C=O) groups excluding carboxylic acids is 2. The lowest BCUT2D eigenvalue weighted by Gasteiger charge is -2.14. The topological polar surface area (TPSA) is 107 Å². The van der Waals surface area contributed by atoms with Crippen molar-refractivity contribution in [1.29, 1.82) is 0 Å². The van der Waals surface area contributed by atoms with Gasteiger partial charge in [-0.25, -0.2) is 14.8 Å². The fourth-order valence-electron chi connectivity index (χ4n) is 2.53. The summed E-state index contributed by atoms with van der Waals surface area (Å²) in [7, 11) is 0. The minimum absolute atomic E-state index is 0.260. The Morgan fingerprint density at radius 1 is 1.15 bits per heavy atom. The molecule has 2 aromatic heterocycles. The molecular weight excluding hydrogens is 332 g/mol. The Labute approximate surface area is 150 Å². The van der Waals surface area contributed by atoms with Crippen molar-refractivity contribution in [3.63, 3.8) is 0 Å². The van der Waals surface area contributed by atoms with E-state index in [1.54, 1.807) is 31.2 Å². The van der Waals surface area contributed by atoms with Crippen molar-refractivity contribution >= 4 is 34.3 Å². The molecule has 132 valence electrons. The second-order valence-corrected chi connectivity index (χ2v) is 5.66. The smallest absolute Gasteiger partial charge is 0.341 e. The van der Waals surface area contributed by atoms with Crippen LogP contribution in [0.1, 0.15) is 33.3 Å². The number of aryl methyl sites for hydroxylation is 1. The van der Waals surface area contributed by atoms with Crippen molar-refractivity contribution < 1.29 is 14.3 Å². The minimum atomic E-state index is -0.502. The molecule has 0 saturated carbocycles. The molecule has 0 bridgehead atoms. The molecule has 0 radical (unpaired) electrons. The van der Waals surface area contributed by atoms with Crippen LogP contribution in [0, 0.1) is 6.92 Å². The number of ether oxygens (including phenoxy) is 1. The van der Waals surface area contributed by atoms with Gasteiger partial charge >= 0.3 is 5.97 Å². The monoisotopic (exact) mass is 350 g/mol. The summed E-state index contributed by atoms with van der Waals surface area (Å²) in [6.07, 6.45) is 1.45. The number of aromatic nitrogens is 2. The molecule has 7 nitrogen and oxygen atoms in total. The van der Waals surface area contributed by atoms with E-state index in [2.05, 4.69) is 15.3 Å². The van der Waals surface area contributed by atoms with Crippen molar-refractivity contribution in [1.82, 2.24) is 9.97 Å². The summed E-state index contributed by atoms with van der Waals surface area (Å²) in [5, 5.41) is 3.90. The number of benzene rings is 1. The van der Waals surface area contributed by atoms with Gasteiger partial charge in [0, 0.05) is 28.5 Å². The van der Waals surface area contributed by atoms with Crippen molar-refractivity contribution in [2.75, 3.05) is 11.9 Å². The summed E-state index contributed by atoms with van der Waals surface area (Å²) in [6.45, 7) is 3.87. The molecule has 2 heterocycles. The van der Waals surface area contributed by atoms with Crippen molar-refractivity contribution in [2.45, 2.75) is 13.8 Å². The third kappa shape index (κ3) is 3.46. The van der Waals surface area contributed by atoms with Gasteiger partial charge in [-0.1, -0.05) is 0 Å². The highest BCUT2D eigenvalue weighted by atomic mass is 16.5. The Morgan fingerprint density at radius 3 is 2.54 bits per heavy atom. The molecule has 26 heavy (non-hydrogen) atoms. The average molecular weight is 350 g/mol. The van der Waals surface area contributed by atoms with Gasteiger partial charge in [0.2, 0.25) is 5.91 Å². The maximum Gasteiger partial charge on any atom is 0.341 e. The van der Waals surface area contributed by atoms with E-state index in [9.17, 15) is 9.59 Å². The number of amides is 1. The van der Waals surface area contributed by atoms with E-state index in [1.165, 1.54) is 6.20 Å². The van der Waals surface area contributed by atoms with Crippen molar-refractivity contribution in [3.8, 4) is 0 Å². The summed E-state index contributed by atoms with van der Waals surface area (Å²) in [6, 6.07) is 10.3. The minimum Gasteiger partial charge on any atom is -0.462 e. The molecule has 3 aromatic rings. The largest absolute Gasteiger partial charge is 0.462 e. The molecule has 1 aromatic carbocycles. The van der Waals surface area contributed by atoms with Crippen LogP contribution in [0.2, 0.25) is 0 Å². The predicted molar refractivity (Wildman–Crippen MR) is 98.5 cm³/mol. The zero-order valence-electron chi connectivity index (χ0n) is 14.4. The molecule has 1 amide bonds. The molecule has 7 heteroatoms. The predicted octanol–water partition coefficient (Wildman–Crippen LogP) is 2.96. The van der Waals surface area contributed by atoms with E-state index in [-0.39, 0.29) is 6.61 Å². The first kappa shape index (κ1) is 17.3. The van der Waals surface area contributed by atoms with Crippen LogP contribution in [0.15, 0.2) is 42.6 Å². The second kappa shape index (κ2) is 7.18. The van der Waals surface area contributed by atoms with E-state index < -0.39 is 11.9 Å². The number of primary amides is 1. The number of nitrogens with two attached hydrogens (primary N) is 1. The summed E-state index contributed by atoms with van der Waals surface area (Å²) < 4.78 is 5.13. The standard InChI is InChI=1S/C19H18N4O3/c1-3-26-19(25)15-10-21-18-14(9-4-11(2)22-18)16(15)23-13-7-5-12(6-8-13)17(20)24/h4-10H,3H2,1-2H3,(H2,20,24)(H,21,22,23).